The Kier molecular flexibility index (Phi) is 16.7. The van der Waals surface area contributed by atoms with E-state index >= 15 is 0 Å². The topological polar surface area (TPSA) is 36.9 Å². The van der Waals surface area contributed by atoms with Gasteiger partial charge in [-0.2, -0.15) is 0 Å². The summed E-state index contributed by atoms with van der Waals surface area (Å²) in [6.45, 7) is 10.6. The summed E-state index contributed by atoms with van der Waals surface area (Å²) in [7, 11) is 7.73. The molecule has 1 rings (SSSR count). The van der Waals surface area contributed by atoms with E-state index in [1.165, 1.54) is 0 Å². The molecule has 8 heteroatoms. The fourth-order valence-electron chi connectivity index (χ4n) is 2.41. The Bertz CT molecular complexity index is 296. The van der Waals surface area contributed by atoms with Crippen molar-refractivity contribution in [3.05, 3.63) is 0 Å². The van der Waals surface area contributed by atoms with Gasteiger partial charge in [-0.25, -0.2) is 0 Å². The molecule has 0 aliphatic carbocycles. The fraction of sp³-hybridized carbons (Fsp3) is 1.00. The standard InChI is InChI=1S/C18H36O4S4/c1-4-17-7-9-19-15-22-12-14-24-26-18(5-2,6-3)8-10-20-16-21-11-13-23-25-17/h17H,4-16H2,1-3H3. The number of hydrogen-bond acceptors (Lipinski definition) is 8. The van der Waals surface area contributed by atoms with Crippen molar-refractivity contribution in [2.75, 3.05) is 51.5 Å². The van der Waals surface area contributed by atoms with Crippen LogP contribution in [0.3, 0.4) is 0 Å². The first-order valence-corrected chi connectivity index (χ1v) is 14.4. The third-order valence-electron chi connectivity index (χ3n) is 4.43. The molecule has 0 radical (unpaired) electrons. The van der Waals surface area contributed by atoms with Crippen LogP contribution in [-0.2, 0) is 18.9 Å². The maximum atomic E-state index is 5.71. The first-order valence-electron chi connectivity index (χ1n) is 9.66. The van der Waals surface area contributed by atoms with Crippen molar-refractivity contribution in [1.82, 2.24) is 0 Å². The molecule has 1 fully saturated rings. The van der Waals surface area contributed by atoms with Gasteiger partial charge in [0.25, 0.3) is 0 Å². The number of ether oxygens (including phenoxy) is 4. The van der Waals surface area contributed by atoms with E-state index in [1.54, 1.807) is 0 Å². The van der Waals surface area contributed by atoms with Crippen LogP contribution < -0.4 is 0 Å². The molecule has 1 aliphatic heterocycles. The SMILES string of the molecule is CCC1CCOCOCCSSC(CC)(CC)CCOCOCCSS1. The Morgan fingerprint density at radius 3 is 2.08 bits per heavy atom. The van der Waals surface area contributed by atoms with E-state index in [0.29, 0.717) is 18.8 Å². The molecule has 0 amide bonds. The van der Waals surface area contributed by atoms with Crippen molar-refractivity contribution in [2.24, 2.45) is 0 Å². The predicted molar refractivity (Wildman–Crippen MR) is 120 cm³/mol. The highest BCUT2D eigenvalue weighted by Gasteiger charge is 2.27. The zero-order valence-electron chi connectivity index (χ0n) is 16.5. The summed E-state index contributed by atoms with van der Waals surface area (Å²) < 4.78 is 22.8. The molecule has 0 N–H and O–H groups in total. The minimum atomic E-state index is 0.281. The van der Waals surface area contributed by atoms with E-state index in [4.69, 9.17) is 18.9 Å². The van der Waals surface area contributed by atoms with E-state index < -0.39 is 0 Å². The third kappa shape index (κ3) is 11.9. The van der Waals surface area contributed by atoms with Crippen LogP contribution >= 0.6 is 43.2 Å². The zero-order valence-corrected chi connectivity index (χ0v) is 19.8. The molecule has 1 aliphatic rings. The van der Waals surface area contributed by atoms with E-state index in [0.717, 1.165) is 70.0 Å². The Balaban J connectivity index is 2.37. The van der Waals surface area contributed by atoms with Crippen LogP contribution in [-0.4, -0.2) is 61.5 Å². The van der Waals surface area contributed by atoms with Crippen molar-refractivity contribution in [3.8, 4) is 0 Å². The maximum Gasteiger partial charge on any atom is 0.146 e. The fourth-order valence-corrected chi connectivity index (χ4v) is 8.06. The summed E-state index contributed by atoms with van der Waals surface area (Å²) in [5.74, 6) is 1.98. The largest absolute Gasteiger partial charge is 0.355 e. The summed E-state index contributed by atoms with van der Waals surface area (Å²) >= 11 is 0. The normalized spacial score (nSPS) is 26.2. The van der Waals surface area contributed by atoms with Gasteiger partial charge in [-0.1, -0.05) is 63.9 Å². The second-order valence-electron chi connectivity index (χ2n) is 6.15. The van der Waals surface area contributed by atoms with Crippen molar-refractivity contribution in [3.63, 3.8) is 0 Å². The van der Waals surface area contributed by atoms with Crippen LogP contribution in [0.1, 0.15) is 52.9 Å². The van der Waals surface area contributed by atoms with Gasteiger partial charge in [0.1, 0.15) is 13.6 Å². The van der Waals surface area contributed by atoms with E-state index in [9.17, 15) is 0 Å². The predicted octanol–water partition coefficient (Wildman–Crippen LogP) is 5.86. The van der Waals surface area contributed by atoms with Crippen LogP contribution in [0, 0.1) is 0 Å². The van der Waals surface area contributed by atoms with Gasteiger partial charge >= 0.3 is 0 Å². The lowest BCUT2D eigenvalue weighted by Crippen LogP contribution is -2.24. The quantitative estimate of drug-likeness (QED) is 0.501. The Morgan fingerprint density at radius 1 is 0.808 bits per heavy atom. The van der Waals surface area contributed by atoms with Gasteiger partial charge in [-0.15, -0.1) is 0 Å². The maximum absolute atomic E-state index is 5.71. The average molecular weight is 445 g/mol. The lowest BCUT2D eigenvalue weighted by Gasteiger charge is -2.30. The van der Waals surface area contributed by atoms with Crippen molar-refractivity contribution < 1.29 is 18.9 Å². The van der Waals surface area contributed by atoms with Crippen LogP contribution in [0.2, 0.25) is 0 Å². The van der Waals surface area contributed by atoms with Crippen molar-refractivity contribution in [1.29, 1.82) is 0 Å². The van der Waals surface area contributed by atoms with Gasteiger partial charge in [0.05, 0.1) is 26.4 Å². The second kappa shape index (κ2) is 17.1. The van der Waals surface area contributed by atoms with Crippen LogP contribution in [0.15, 0.2) is 0 Å². The van der Waals surface area contributed by atoms with Gasteiger partial charge in [-0.3, -0.25) is 0 Å². The third-order valence-corrected chi connectivity index (χ3v) is 11.0. The van der Waals surface area contributed by atoms with E-state index in [-0.39, 0.29) is 4.75 Å². The minimum absolute atomic E-state index is 0.281. The lowest BCUT2D eigenvalue weighted by atomic mass is 9.99. The Labute approximate surface area is 176 Å². The first kappa shape index (κ1) is 25.3. The highest BCUT2D eigenvalue weighted by Crippen LogP contribution is 2.43. The molecule has 1 unspecified atom stereocenters. The second-order valence-corrected chi connectivity index (χ2v) is 11.8. The summed E-state index contributed by atoms with van der Waals surface area (Å²) in [5.41, 5.74) is 0. The van der Waals surface area contributed by atoms with Crippen molar-refractivity contribution in [2.45, 2.75) is 62.9 Å². The smallest absolute Gasteiger partial charge is 0.146 e. The van der Waals surface area contributed by atoms with Crippen LogP contribution in [0.5, 0.6) is 0 Å². The first-order chi connectivity index (χ1) is 12.8. The highest BCUT2D eigenvalue weighted by atomic mass is 33.1. The summed E-state index contributed by atoms with van der Waals surface area (Å²) in [5, 5.41) is 0.630. The summed E-state index contributed by atoms with van der Waals surface area (Å²) in [4.78, 5) is 0. The van der Waals surface area contributed by atoms with Gasteiger partial charge in [-0.05, 0) is 32.1 Å². The van der Waals surface area contributed by atoms with Gasteiger partial charge in [0.15, 0.2) is 0 Å². The van der Waals surface area contributed by atoms with E-state index in [1.807, 2.05) is 43.2 Å². The molecule has 4 nitrogen and oxygen atoms in total. The van der Waals surface area contributed by atoms with Gasteiger partial charge in [0, 0.05) is 21.5 Å². The van der Waals surface area contributed by atoms with Crippen molar-refractivity contribution >= 4 is 43.2 Å². The molecule has 0 bridgehead atoms. The molecule has 156 valence electrons. The molecule has 1 heterocycles. The minimum Gasteiger partial charge on any atom is -0.355 e. The van der Waals surface area contributed by atoms with E-state index in [2.05, 4.69) is 20.8 Å². The van der Waals surface area contributed by atoms with Crippen LogP contribution in [0.25, 0.3) is 0 Å². The molecular formula is C18H36O4S4. The molecular weight excluding hydrogens is 408 g/mol. The molecule has 0 aromatic rings. The number of hydrogen-bond donors (Lipinski definition) is 0. The monoisotopic (exact) mass is 444 g/mol. The Morgan fingerprint density at radius 2 is 1.42 bits per heavy atom. The van der Waals surface area contributed by atoms with Gasteiger partial charge in [0.2, 0.25) is 0 Å². The molecule has 1 atom stereocenters. The summed E-state index contributed by atoms with van der Waals surface area (Å²) in [6, 6.07) is 0. The average Bonchev–Trinajstić information content (AvgIpc) is 2.67. The molecule has 1 saturated heterocycles. The highest BCUT2D eigenvalue weighted by molar-refractivity contribution is 8.77. The number of rotatable bonds is 3. The van der Waals surface area contributed by atoms with Crippen LogP contribution in [0.4, 0.5) is 0 Å². The molecule has 0 aromatic heterocycles. The molecule has 0 aromatic carbocycles. The van der Waals surface area contributed by atoms with Gasteiger partial charge < -0.3 is 18.9 Å². The molecule has 0 saturated carbocycles. The zero-order chi connectivity index (χ0) is 18.9. The lowest BCUT2D eigenvalue weighted by molar-refractivity contribution is -0.0507. The molecule has 0 spiro atoms. The Hall–Kier alpha value is 1.24. The molecule has 26 heavy (non-hydrogen) atoms. The summed E-state index contributed by atoms with van der Waals surface area (Å²) in [6.07, 6.45) is 5.61.